The van der Waals surface area contributed by atoms with Crippen LogP contribution in [0.2, 0.25) is 0 Å². The molecule has 2 aromatic rings. The second kappa shape index (κ2) is 13.2. The molecular weight excluding hydrogens is 551 g/mol. The zero-order chi connectivity index (χ0) is 29.9. The molecule has 0 radical (unpaired) electrons. The van der Waals surface area contributed by atoms with Crippen LogP contribution in [-0.4, -0.2) is 79.1 Å². The number of morpholine rings is 1. The Morgan fingerprint density at radius 3 is 2.44 bits per heavy atom. The largest absolute Gasteiger partial charge is 0.451 e. The van der Waals surface area contributed by atoms with Crippen LogP contribution in [0, 0.1) is 11.8 Å². The van der Waals surface area contributed by atoms with Gasteiger partial charge in [-0.25, -0.2) is 4.39 Å². The zero-order valence-corrected chi connectivity index (χ0v) is 24.8. The predicted octanol–water partition coefficient (Wildman–Crippen LogP) is 4.81. The molecular formula is C33H43FN4O5. The Labute approximate surface area is 251 Å². The first-order valence-corrected chi connectivity index (χ1v) is 16.0. The fourth-order valence-corrected chi connectivity index (χ4v) is 7.42. The van der Waals surface area contributed by atoms with E-state index in [4.69, 9.17) is 14.9 Å². The number of carbonyl (C=O) groups excluding carboxylic acids is 3. The van der Waals surface area contributed by atoms with E-state index in [1.807, 2.05) is 6.07 Å². The summed E-state index contributed by atoms with van der Waals surface area (Å²) in [5, 5.41) is 3.81. The van der Waals surface area contributed by atoms with Gasteiger partial charge in [-0.15, -0.1) is 0 Å². The van der Waals surface area contributed by atoms with Gasteiger partial charge in [-0.05, 0) is 93.5 Å². The standard InChI is InChI=1S/C33H43FN4O5/c34-20-27(35)22-6-8-23(9-7-22)32(40)38-13-12-26(21-4-2-1-3-5-21)30(38)31(39)36-25-10-11-28-24(18-25)19-29(43-28)33(41)37-14-16-42-17-15-37/h10-11,18-19,22-23,27,30H,1-9,12-17,20,35H2,(H,36,39)/t22?,23?,27?,30-/m0/s1. The number of nitrogens with zero attached hydrogens (tertiary/aromatic N) is 2. The third kappa shape index (κ3) is 6.36. The summed E-state index contributed by atoms with van der Waals surface area (Å²) in [6, 6.07) is 5.97. The molecule has 2 aliphatic heterocycles. The van der Waals surface area contributed by atoms with Gasteiger partial charge in [-0.3, -0.25) is 14.4 Å². The molecule has 2 saturated carbocycles. The molecule has 3 amide bonds. The molecule has 3 N–H and O–H groups in total. The summed E-state index contributed by atoms with van der Waals surface area (Å²) in [6.07, 6.45) is 8.93. The van der Waals surface area contributed by atoms with Crippen molar-refractivity contribution < 1.29 is 27.9 Å². The van der Waals surface area contributed by atoms with Crippen LogP contribution in [0.1, 0.15) is 74.8 Å². The molecule has 1 aromatic carbocycles. The van der Waals surface area contributed by atoms with Crippen LogP contribution in [0.3, 0.4) is 0 Å². The fourth-order valence-electron chi connectivity index (χ4n) is 7.42. The minimum Gasteiger partial charge on any atom is -0.451 e. The molecule has 2 saturated heterocycles. The van der Waals surface area contributed by atoms with Gasteiger partial charge in [0.1, 0.15) is 18.3 Å². The van der Waals surface area contributed by atoms with Gasteiger partial charge < -0.3 is 30.0 Å². The smallest absolute Gasteiger partial charge is 0.289 e. The molecule has 10 heteroatoms. The summed E-state index contributed by atoms with van der Waals surface area (Å²) in [5.41, 5.74) is 9.55. The average Bonchev–Trinajstić information content (AvgIpc) is 3.69. The van der Waals surface area contributed by atoms with Gasteiger partial charge in [0, 0.05) is 42.7 Å². The number of anilines is 1. The van der Waals surface area contributed by atoms with Crippen LogP contribution in [0.25, 0.3) is 11.0 Å². The van der Waals surface area contributed by atoms with E-state index in [-0.39, 0.29) is 35.3 Å². The van der Waals surface area contributed by atoms with Gasteiger partial charge in [0.2, 0.25) is 5.91 Å². The number of hydrogen-bond donors (Lipinski definition) is 2. The molecule has 1 aromatic heterocycles. The minimum atomic E-state index is -0.634. The maximum Gasteiger partial charge on any atom is 0.289 e. The molecule has 0 bridgehead atoms. The third-order valence-electron chi connectivity index (χ3n) is 9.90. The Morgan fingerprint density at radius 2 is 1.72 bits per heavy atom. The highest BCUT2D eigenvalue weighted by Gasteiger charge is 2.42. The number of nitrogens with two attached hydrogens (primary N) is 1. The highest BCUT2D eigenvalue weighted by atomic mass is 19.1. The van der Waals surface area contributed by atoms with Crippen LogP contribution in [0.5, 0.6) is 0 Å². The molecule has 1 unspecified atom stereocenters. The van der Waals surface area contributed by atoms with Gasteiger partial charge in [-0.1, -0.05) is 12.0 Å². The molecule has 2 atom stereocenters. The molecule has 43 heavy (non-hydrogen) atoms. The van der Waals surface area contributed by atoms with Gasteiger partial charge in [0.05, 0.1) is 13.2 Å². The SMILES string of the molecule is NC(CF)C1CCC(C(=O)N2CCC(=C3CCCCC3)[C@H]2C(=O)Nc2ccc3oc(C(=O)N4CCOCC4)cc3c2)CC1. The van der Waals surface area contributed by atoms with Crippen molar-refractivity contribution in [1.29, 1.82) is 0 Å². The van der Waals surface area contributed by atoms with Gasteiger partial charge >= 0.3 is 0 Å². The summed E-state index contributed by atoms with van der Waals surface area (Å²) < 4.78 is 24.3. The van der Waals surface area contributed by atoms with E-state index < -0.39 is 18.8 Å². The van der Waals surface area contributed by atoms with Crippen LogP contribution < -0.4 is 11.1 Å². The summed E-state index contributed by atoms with van der Waals surface area (Å²) in [5.74, 6) is -0.156. The van der Waals surface area contributed by atoms with Crippen LogP contribution in [0.15, 0.2) is 39.8 Å². The first kappa shape index (κ1) is 29.8. The zero-order valence-electron chi connectivity index (χ0n) is 24.8. The summed E-state index contributed by atoms with van der Waals surface area (Å²) in [7, 11) is 0. The normalized spacial score (nSPS) is 25.7. The average molecular weight is 595 g/mol. The van der Waals surface area contributed by atoms with E-state index in [0.29, 0.717) is 57.0 Å². The number of furan rings is 1. The van der Waals surface area contributed by atoms with E-state index in [9.17, 15) is 18.8 Å². The second-order valence-corrected chi connectivity index (χ2v) is 12.6. The maximum atomic E-state index is 14.0. The lowest BCUT2D eigenvalue weighted by atomic mass is 9.78. The molecule has 4 aliphatic rings. The lowest BCUT2D eigenvalue weighted by Gasteiger charge is -2.34. The number of allylic oxidation sites excluding steroid dienone is 1. The van der Waals surface area contributed by atoms with E-state index >= 15 is 0 Å². The van der Waals surface area contributed by atoms with Gasteiger partial charge in [-0.2, -0.15) is 0 Å². The van der Waals surface area contributed by atoms with Crippen molar-refractivity contribution in [3.63, 3.8) is 0 Å². The predicted molar refractivity (Wildman–Crippen MR) is 161 cm³/mol. The molecule has 4 fully saturated rings. The summed E-state index contributed by atoms with van der Waals surface area (Å²) in [6.45, 7) is 2.07. The van der Waals surface area contributed by atoms with E-state index in [0.717, 1.165) is 55.9 Å². The number of rotatable bonds is 6. The second-order valence-electron chi connectivity index (χ2n) is 12.6. The number of nitrogens with one attached hydrogen (secondary N) is 1. The lowest BCUT2D eigenvalue weighted by Crippen LogP contribution is -2.47. The Morgan fingerprint density at radius 1 is 0.977 bits per heavy atom. The quantitative estimate of drug-likeness (QED) is 0.464. The van der Waals surface area contributed by atoms with Gasteiger partial charge in [0.15, 0.2) is 5.76 Å². The van der Waals surface area contributed by atoms with Crippen molar-refractivity contribution in [2.75, 3.05) is 44.8 Å². The first-order chi connectivity index (χ1) is 20.9. The van der Waals surface area contributed by atoms with Crippen molar-refractivity contribution in [3.05, 3.63) is 41.2 Å². The van der Waals surface area contributed by atoms with E-state index in [1.165, 1.54) is 12.0 Å². The molecule has 2 aliphatic carbocycles. The number of benzene rings is 1. The number of carbonyl (C=O) groups is 3. The lowest BCUT2D eigenvalue weighted by molar-refractivity contribution is -0.140. The van der Waals surface area contributed by atoms with E-state index in [1.54, 1.807) is 28.0 Å². The monoisotopic (exact) mass is 594 g/mol. The van der Waals surface area contributed by atoms with Crippen molar-refractivity contribution in [2.24, 2.45) is 17.6 Å². The fraction of sp³-hybridized carbons (Fsp3) is 0.606. The van der Waals surface area contributed by atoms with Crippen LogP contribution >= 0.6 is 0 Å². The van der Waals surface area contributed by atoms with Crippen molar-refractivity contribution >= 4 is 34.4 Å². The number of likely N-dealkylation sites (tertiary alicyclic amines) is 1. The number of ether oxygens (including phenoxy) is 1. The summed E-state index contributed by atoms with van der Waals surface area (Å²) >= 11 is 0. The molecule has 232 valence electrons. The minimum absolute atomic E-state index is 0.0235. The molecule has 0 spiro atoms. The number of amides is 3. The van der Waals surface area contributed by atoms with Crippen molar-refractivity contribution in [1.82, 2.24) is 9.80 Å². The number of hydrogen-bond acceptors (Lipinski definition) is 6. The third-order valence-corrected chi connectivity index (χ3v) is 9.90. The molecule has 9 nitrogen and oxygen atoms in total. The topological polar surface area (TPSA) is 118 Å². The van der Waals surface area contributed by atoms with E-state index in [2.05, 4.69) is 5.32 Å². The van der Waals surface area contributed by atoms with Crippen LogP contribution in [0.4, 0.5) is 10.1 Å². The first-order valence-electron chi connectivity index (χ1n) is 16.0. The molecule has 6 rings (SSSR count). The van der Waals surface area contributed by atoms with Crippen molar-refractivity contribution in [2.45, 2.75) is 76.3 Å². The highest BCUT2D eigenvalue weighted by Crippen LogP contribution is 2.38. The Hall–Kier alpha value is -3.24. The Bertz CT molecular complexity index is 1370. The number of alkyl halides is 1. The maximum absolute atomic E-state index is 14.0. The highest BCUT2D eigenvalue weighted by molar-refractivity contribution is 6.02. The number of fused-ring (bicyclic) bond motifs is 1. The Kier molecular flexibility index (Phi) is 9.14. The van der Waals surface area contributed by atoms with Crippen molar-refractivity contribution in [3.8, 4) is 0 Å². The molecule has 3 heterocycles. The van der Waals surface area contributed by atoms with Gasteiger partial charge in [0.25, 0.3) is 11.8 Å². The number of halogens is 1. The Balaban J connectivity index is 1.20. The van der Waals surface area contributed by atoms with Crippen LogP contribution in [-0.2, 0) is 14.3 Å². The summed E-state index contributed by atoms with van der Waals surface area (Å²) in [4.78, 5) is 44.3.